The van der Waals surface area contributed by atoms with Crippen molar-refractivity contribution in [3.63, 3.8) is 0 Å². The number of thiocarbonyl (C=S) groups is 1. The Morgan fingerprint density at radius 2 is 1.95 bits per heavy atom. The van der Waals surface area contributed by atoms with E-state index in [1.807, 2.05) is 30.3 Å². The van der Waals surface area contributed by atoms with Gasteiger partial charge in [0.15, 0.2) is 5.11 Å². The van der Waals surface area contributed by atoms with Crippen molar-refractivity contribution >= 4 is 69.6 Å². The molecule has 1 atom stereocenters. The predicted molar refractivity (Wildman–Crippen MR) is 155 cm³/mol. The number of amides is 1. The van der Waals surface area contributed by atoms with Crippen molar-refractivity contribution in [2.45, 2.75) is 19.0 Å². The molecular formula is C28H24Cl2N4O2S. The number of nitrogens with zero attached hydrogens (tertiary/aromatic N) is 2. The van der Waals surface area contributed by atoms with Crippen molar-refractivity contribution in [2.24, 2.45) is 4.99 Å². The molecule has 0 aromatic heterocycles. The average molecular weight is 551 g/mol. The Kier molecular flexibility index (Phi) is 7.20. The summed E-state index contributed by atoms with van der Waals surface area (Å²) in [5.41, 5.74) is 5.62. The number of anilines is 2. The number of hydrogen-bond donors (Lipinski definition) is 2. The van der Waals surface area contributed by atoms with E-state index in [4.69, 9.17) is 45.1 Å². The Bertz CT molecular complexity index is 1470. The zero-order valence-corrected chi connectivity index (χ0v) is 22.5. The second-order valence-corrected chi connectivity index (χ2v) is 9.96. The standard InChI is InChI=1S/C28H24Cl2N4O2S/c1-34-23-12-11-17(29)14-21(23)25(20-9-5-6-10-22(20)30)32-26(27(34)35)33-28(37)31-18-13-16-7-3-4-8-19(16)24(15-18)36-2/h4-6,8-15,26H,3,7H2,1-2H3,(H2,31,33,37). The van der Waals surface area contributed by atoms with Crippen LogP contribution in [0.2, 0.25) is 10.0 Å². The third-order valence-corrected chi connectivity index (χ3v) is 7.15. The van der Waals surface area contributed by atoms with Gasteiger partial charge in [-0.05, 0) is 61.0 Å². The van der Waals surface area contributed by atoms with Gasteiger partial charge in [-0.1, -0.05) is 53.6 Å². The summed E-state index contributed by atoms with van der Waals surface area (Å²) in [6.07, 6.45) is 5.10. The predicted octanol–water partition coefficient (Wildman–Crippen LogP) is 6.09. The van der Waals surface area contributed by atoms with Crippen LogP contribution in [0.25, 0.3) is 6.08 Å². The fraction of sp³-hybridized carbons (Fsp3) is 0.179. The van der Waals surface area contributed by atoms with Crippen LogP contribution in [0, 0.1) is 0 Å². The molecule has 1 unspecified atom stereocenters. The molecule has 5 rings (SSSR count). The molecule has 1 aliphatic heterocycles. The number of fused-ring (bicyclic) bond motifs is 2. The topological polar surface area (TPSA) is 66.0 Å². The van der Waals surface area contributed by atoms with Crippen LogP contribution in [-0.4, -0.2) is 37.1 Å². The number of ether oxygens (including phenoxy) is 1. The highest BCUT2D eigenvalue weighted by atomic mass is 35.5. The van der Waals surface area contributed by atoms with Crippen molar-refractivity contribution < 1.29 is 9.53 Å². The van der Waals surface area contributed by atoms with Crippen molar-refractivity contribution in [2.75, 3.05) is 24.4 Å². The number of rotatable bonds is 4. The van der Waals surface area contributed by atoms with Gasteiger partial charge in [-0.3, -0.25) is 4.79 Å². The maximum Gasteiger partial charge on any atom is 0.272 e. The number of allylic oxidation sites excluding steroid dienone is 1. The lowest BCUT2D eigenvalue weighted by Gasteiger charge is -2.22. The maximum absolute atomic E-state index is 13.5. The van der Waals surface area contributed by atoms with E-state index in [9.17, 15) is 4.79 Å². The Balaban J connectivity index is 1.49. The molecule has 0 bridgehead atoms. The normalized spacial score (nSPS) is 16.3. The second kappa shape index (κ2) is 10.5. The Hall–Kier alpha value is -3.39. The monoisotopic (exact) mass is 550 g/mol. The molecule has 2 N–H and O–H groups in total. The van der Waals surface area contributed by atoms with Crippen LogP contribution < -0.4 is 20.3 Å². The molecule has 2 aliphatic rings. The van der Waals surface area contributed by atoms with Gasteiger partial charge < -0.3 is 20.3 Å². The molecule has 3 aromatic carbocycles. The summed E-state index contributed by atoms with van der Waals surface area (Å²) in [6, 6.07) is 16.6. The molecule has 1 amide bonds. The van der Waals surface area contributed by atoms with E-state index >= 15 is 0 Å². The molecule has 6 nitrogen and oxygen atoms in total. The van der Waals surface area contributed by atoms with E-state index in [2.05, 4.69) is 22.8 Å². The molecule has 9 heteroatoms. The number of carbonyl (C=O) groups excluding carboxylic acids is 1. The Labute approximate surface area is 230 Å². The fourth-order valence-electron chi connectivity index (χ4n) is 4.56. The quantitative estimate of drug-likeness (QED) is 0.385. The molecule has 0 saturated carbocycles. The summed E-state index contributed by atoms with van der Waals surface area (Å²) in [6.45, 7) is 0. The van der Waals surface area contributed by atoms with Crippen LogP contribution in [0.3, 0.4) is 0 Å². The summed E-state index contributed by atoms with van der Waals surface area (Å²) in [5.74, 6) is 0.485. The number of carbonyl (C=O) groups is 1. The van der Waals surface area contributed by atoms with Crippen molar-refractivity contribution in [1.29, 1.82) is 0 Å². The van der Waals surface area contributed by atoms with Gasteiger partial charge in [0.05, 0.1) is 18.5 Å². The zero-order valence-electron chi connectivity index (χ0n) is 20.2. The number of benzene rings is 3. The van der Waals surface area contributed by atoms with Crippen LogP contribution in [-0.2, 0) is 11.2 Å². The smallest absolute Gasteiger partial charge is 0.272 e. The van der Waals surface area contributed by atoms with Crippen LogP contribution in [0.1, 0.15) is 28.7 Å². The summed E-state index contributed by atoms with van der Waals surface area (Å²) in [5, 5.41) is 7.58. The first-order valence-corrected chi connectivity index (χ1v) is 12.9. The SMILES string of the molecule is COc1cc(NC(=S)NC2N=C(c3ccccc3Cl)c3cc(Cl)ccc3N(C)C2=O)cc2c1C=CCC2. The van der Waals surface area contributed by atoms with Crippen molar-refractivity contribution in [3.8, 4) is 5.75 Å². The number of halogens is 2. The zero-order chi connectivity index (χ0) is 26.1. The van der Waals surface area contributed by atoms with Gasteiger partial charge in [-0.2, -0.15) is 0 Å². The van der Waals surface area contributed by atoms with Crippen molar-refractivity contribution in [3.05, 3.63) is 93.0 Å². The van der Waals surface area contributed by atoms with E-state index in [1.165, 1.54) is 5.56 Å². The largest absolute Gasteiger partial charge is 0.496 e. The third kappa shape index (κ3) is 5.07. The highest BCUT2D eigenvalue weighted by molar-refractivity contribution is 7.80. The molecule has 0 saturated heterocycles. The molecule has 0 fully saturated rings. The highest BCUT2D eigenvalue weighted by Gasteiger charge is 2.31. The van der Waals surface area contributed by atoms with Crippen LogP contribution in [0.4, 0.5) is 11.4 Å². The molecule has 1 heterocycles. The first-order valence-electron chi connectivity index (χ1n) is 11.7. The highest BCUT2D eigenvalue weighted by Crippen LogP contribution is 2.33. The fourth-order valence-corrected chi connectivity index (χ4v) is 5.19. The minimum atomic E-state index is -0.995. The molecule has 37 heavy (non-hydrogen) atoms. The molecule has 188 valence electrons. The lowest BCUT2D eigenvalue weighted by molar-refractivity contribution is -0.119. The first-order chi connectivity index (χ1) is 17.9. The summed E-state index contributed by atoms with van der Waals surface area (Å²) >= 11 is 18.5. The second-order valence-electron chi connectivity index (χ2n) is 8.71. The number of benzodiazepines with no additional fused rings is 1. The Morgan fingerprint density at radius 1 is 1.14 bits per heavy atom. The van der Waals surface area contributed by atoms with E-state index in [0.717, 1.165) is 29.8 Å². The lowest BCUT2D eigenvalue weighted by atomic mass is 9.96. The average Bonchev–Trinajstić information content (AvgIpc) is 2.98. The van der Waals surface area contributed by atoms with E-state index in [0.29, 0.717) is 32.6 Å². The summed E-state index contributed by atoms with van der Waals surface area (Å²) in [7, 11) is 3.35. The van der Waals surface area contributed by atoms with Gasteiger partial charge in [-0.25, -0.2) is 4.99 Å². The number of methoxy groups -OCH3 is 1. The van der Waals surface area contributed by atoms with E-state index in [-0.39, 0.29) is 11.0 Å². The number of aryl methyl sites for hydroxylation is 1. The number of hydrogen-bond acceptors (Lipinski definition) is 4. The van der Waals surface area contributed by atoms with Gasteiger partial charge in [0.25, 0.3) is 5.91 Å². The van der Waals surface area contributed by atoms with Gasteiger partial charge in [0.2, 0.25) is 6.17 Å². The Morgan fingerprint density at radius 3 is 2.73 bits per heavy atom. The van der Waals surface area contributed by atoms with Crippen LogP contribution in [0.5, 0.6) is 5.75 Å². The van der Waals surface area contributed by atoms with Crippen LogP contribution >= 0.6 is 35.4 Å². The molecule has 3 aromatic rings. The third-order valence-electron chi connectivity index (χ3n) is 6.36. The minimum Gasteiger partial charge on any atom is -0.496 e. The van der Waals surface area contributed by atoms with Crippen LogP contribution in [0.15, 0.2) is 65.7 Å². The summed E-state index contributed by atoms with van der Waals surface area (Å²) in [4.78, 5) is 19.9. The number of likely N-dealkylation sites (N-methyl/N-ethyl adjacent to an activating group) is 1. The van der Waals surface area contributed by atoms with E-state index < -0.39 is 6.17 Å². The van der Waals surface area contributed by atoms with Gasteiger partial charge in [0.1, 0.15) is 5.75 Å². The first kappa shape index (κ1) is 25.3. The molecule has 0 radical (unpaired) electrons. The van der Waals surface area contributed by atoms with Crippen molar-refractivity contribution in [1.82, 2.24) is 5.32 Å². The molecule has 0 spiro atoms. The van der Waals surface area contributed by atoms with E-state index in [1.54, 1.807) is 43.3 Å². The number of nitrogens with one attached hydrogen (secondary N) is 2. The van der Waals surface area contributed by atoms with Gasteiger partial charge >= 0.3 is 0 Å². The minimum absolute atomic E-state index is 0.256. The molecular weight excluding hydrogens is 527 g/mol. The summed E-state index contributed by atoms with van der Waals surface area (Å²) < 4.78 is 5.59. The number of aliphatic imine (C=N–C) groups is 1. The maximum atomic E-state index is 13.5. The molecule has 1 aliphatic carbocycles. The van der Waals surface area contributed by atoms with Gasteiger partial charge in [-0.15, -0.1) is 0 Å². The van der Waals surface area contributed by atoms with Gasteiger partial charge in [0, 0.05) is 45.5 Å². The lowest BCUT2D eigenvalue weighted by Crippen LogP contribution is -2.47.